The van der Waals surface area contributed by atoms with E-state index in [-0.39, 0.29) is 16.7 Å². The van der Waals surface area contributed by atoms with E-state index in [0.717, 1.165) is 29.8 Å². The molecule has 1 aromatic carbocycles. The Labute approximate surface area is 214 Å². The predicted octanol–water partition coefficient (Wildman–Crippen LogP) is 5.74. The first-order valence-corrected chi connectivity index (χ1v) is 13.1. The Kier molecular flexibility index (Phi) is 6.00. The fourth-order valence-corrected chi connectivity index (χ4v) is 7.02. The number of fused-ring (bicyclic) bond motifs is 3. The molecule has 0 amide bonds. The molecule has 0 saturated heterocycles. The maximum atomic E-state index is 11.9. The molecule has 36 heavy (non-hydrogen) atoms. The number of hydrogen-bond donors (Lipinski definition) is 2. The van der Waals surface area contributed by atoms with Gasteiger partial charge >= 0.3 is 0 Å². The van der Waals surface area contributed by atoms with Crippen molar-refractivity contribution < 1.29 is 14.9 Å². The van der Waals surface area contributed by atoms with Gasteiger partial charge in [-0.3, -0.25) is 9.97 Å². The molecule has 0 bridgehead atoms. The molecule has 190 valence electrons. The van der Waals surface area contributed by atoms with E-state index in [0.29, 0.717) is 25.1 Å². The molecule has 2 aromatic heterocycles. The van der Waals surface area contributed by atoms with Crippen LogP contribution in [0.15, 0.2) is 60.9 Å². The molecule has 2 aliphatic carbocycles. The zero-order valence-corrected chi connectivity index (χ0v) is 22.1. The Bertz CT molecular complexity index is 1260. The smallest absolute Gasteiger partial charge is 0.135 e. The monoisotopic (exact) mass is 486 g/mol. The highest BCUT2D eigenvalue weighted by Crippen LogP contribution is 2.62. The first-order chi connectivity index (χ1) is 17.0. The van der Waals surface area contributed by atoms with Crippen molar-refractivity contribution in [2.45, 2.75) is 88.9 Å². The van der Waals surface area contributed by atoms with Crippen molar-refractivity contribution in [3.05, 3.63) is 89.0 Å². The van der Waals surface area contributed by atoms with Gasteiger partial charge in [0.2, 0.25) is 0 Å². The summed E-state index contributed by atoms with van der Waals surface area (Å²) in [6.07, 6.45) is 6.27. The second-order valence-electron chi connectivity index (χ2n) is 11.8. The summed E-state index contributed by atoms with van der Waals surface area (Å²) in [7, 11) is 0. The van der Waals surface area contributed by atoms with E-state index in [2.05, 4.69) is 48.9 Å². The van der Waals surface area contributed by atoms with Crippen molar-refractivity contribution in [3.63, 3.8) is 0 Å². The highest BCUT2D eigenvalue weighted by Gasteiger charge is 2.63. The summed E-state index contributed by atoms with van der Waals surface area (Å²) >= 11 is 0. The summed E-state index contributed by atoms with van der Waals surface area (Å²) in [5, 5.41) is 23.8. The highest BCUT2D eigenvalue weighted by molar-refractivity contribution is 5.48. The van der Waals surface area contributed by atoms with Crippen molar-refractivity contribution in [1.82, 2.24) is 9.97 Å². The average molecular weight is 487 g/mol. The largest absolute Gasteiger partial charge is 0.489 e. The summed E-state index contributed by atoms with van der Waals surface area (Å²) in [5.41, 5.74) is 2.13. The van der Waals surface area contributed by atoms with Crippen LogP contribution >= 0.6 is 0 Å². The lowest BCUT2D eigenvalue weighted by molar-refractivity contribution is -0.209. The lowest BCUT2D eigenvalue weighted by Crippen LogP contribution is -2.63. The van der Waals surface area contributed by atoms with Gasteiger partial charge in [-0.1, -0.05) is 39.0 Å². The SMILES string of the molecule is CCC12CC(C)(O)C(O)(c3ccccn3)CC1CC(C)(C)c1cc(OCc3cccnc3C)ccc12. The summed E-state index contributed by atoms with van der Waals surface area (Å²) in [6.45, 7) is 11.0. The molecular formula is C31H38N2O3. The van der Waals surface area contributed by atoms with Crippen molar-refractivity contribution in [2.75, 3.05) is 0 Å². The molecule has 2 heterocycles. The minimum absolute atomic E-state index is 0.101. The molecule has 0 aliphatic heterocycles. The number of nitrogens with zero attached hydrogens (tertiary/aromatic N) is 2. The molecule has 1 saturated carbocycles. The van der Waals surface area contributed by atoms with Crippen LogP contribution in [0.1, 0.15) is 81.5 Å². The maximum Gasteiger partial charge on any atom is 0.135 e. The Balaban J connectivity index is 1.53. The molecule has 4 atom stereocenters. The van der Waals surface area contributed by atoms with Crippen molar-refractivity contribution >= 4 is 0 Å². The number of pyridine rings is 2. The Hall–Kier alpha value is -2.76. The minimum atomic E-state index is -1.39. The standard InChI is InChI=1S/C31H38N2O3/c1-6-30-20-29(5,34)31(35,27-11-7-8-14-33-27)18-23(30)17-28(3,4)26-16-24(12-13-25(26)30)36-19-22-10-9-15-32-21(22)2/h7-16,23,34-35H,6,17-20H2,1-5H3. The Morgan fingerprint density at radius 2 is 1.72 bits per heavy atom. The highest BCUT2D eigenvalue weighted by atomic mass is 16.5. The lowest BCUT2D eigenvalue weighted by atomic mass is 9.46. The van der Waals surface area contributed by atoms with E-state index in [9.17, 15) is 10.2 Å². The molecule has 5 nitrogen and oxygen atoms in total. The van der Waals surface area contributed by atoms with E-state index in [4.69, 9.17) is 4.74 Å². The molecule has 0 radical (unpaired) electrons. The summed E-state index contributed by atoms with van der Waals surface area (Å²) in [6, 6.07) is 16.0. The summed E-state index contributed by atoms with van der Waals surface area (Å²) in [4.78, 5) is 8.84. The number of aliphatic hydroxyl groups is 2. The number of rotatable bonds is 5. The normalized spacial score (nSPS) is 30.8. The van der Waals surface area contributed by atoms with Crippen molar-refractivity contribution in [2.24, 2.45) is 5.92 Å². The number of ether oxygens (including phenoxy) is 1. The molecule has 5 rings (SSSR count). The van der Waals surface area contributed by atoms with Crippen LogP contribution in [0.3, 0.4) is 0 Å². The summed E-state index contributed by atoms with van der Waals surface area (Å²) in [5.74, 6) is 1.06. The van der Waals surface area contributed by atoms with Gasteiger partial charge in [-0.15, -0.1) is 0 Å². The van der Waals surface area contributed by atoms with Gasteiger partial charge in [0.25, 0.3) is 0 Å². The molecule has 5 heteroatoms. The second kappa shape index (κ2) is 8.67. The van der Waals surface area contributed by atoms with Crippen LogP contribution in [0.2, 0.25) is 0 Å². The number of benzene rings is 1. The zero-order chi connectivity index (χ0) is 25.8. The quantitative estimate of drug-likeness (QED) is 0.481. The van der Waals surface area contributed by atoms with Crippen LogP contribution in [0.25, 0.3) is 0 Å². The van der Waals surface area contributed by atoms with E-state index < -0.39 is 11.2 Å². The Morgan fingerprint density at radius 3 is 2.42 bits per heavy atom. The molecule has 3 aromatic rings. The van der Waals surface area contributed by atoms with Gasteiger partial charge in [-0.25, -0.2) is 0 Å². The molecule has 0 spiro atoms. The third kappa shape index (κ3) is 3.84. The van der Waals surface area contributed by atoms with Crippen LogP contribution in [-0.2, 0) is 23.0 Å². The van der Waals surface area contributed by atoms with Crippen LogP contribution < -0.4 is 4.74 Å². The van der Waals surface area contributed by atoms with Gasteiger partial charge in [-0.2, -0.15) is 0 Å². The molecule has 2 N–H and O–H groups in total. The topological polar surface area (TPSA) is 75.5 Å². The van der Waals surface area contributed by atoms with Gasteiger partial charge in [0.1, 0.15) is 18.0 Å². The van der Waals surface area contributed by atoms with Crippen LogP contribution in [0.5, 0.6) is 5.75 Å². The minimum Gasteiger partial charge on any atom is -0.489 e. The van der Waals surface area contributed by atoms with Crippen molar-refractivity contribution in [1.29, 1.82) is 0 Å². The van der Waals surface area contributed by atoms with Gasteiger partial charge in [0.05, 0.1) is 11.3 Å². The van der Waals surface area contributed by atoms with Crippen LogP contribution in [0, 0.1) is 12.8 Å². The molecule has 4 unspecified atom stereocenters. The first-order valence-electron chi connectivity index (χ1n) is 13.1. The van der Waals surface area contributed by atoms with Gasteiger partial charge < -0.3 is 14.9 Å². The average Bonchev–Trinajstić information content (AvgIpc) is 2.85. The van der Waals surface area contributed by atoms with E-state index >= 15 is 0 Å². The molecule has 1 fully saturated rings. The fraction of sp³-hybridized carbons (Fsp3) is 0.484. The van der Waals surface area contributed by atoms with Gasteiger partial charge in [0.15, 0.2) is 0 Å². The predicted molar refractivity (Wildman–Crippen MR) is 141 cm³/mol. The van der Waals surface area contributed by atoms with Crippen LogP contribution in [-0.4, -0.2) is 25.8 Å². The lowest BCUT2D eigenvalue weighted by Gasteiger charge is -2.60. The fourth-order valence-electron chi connectivity index (χ4n) is 7.02. The number of aryl methyl sites for hydroxylation is 1. The van der Waals surface area contributed by atoms with Gasteiger partial charge in [0, 0.05) is 29.1 Å². The maximum absolute atomic E-state index is 11.9. The second-order valence-corrected chi connectivity index (χ2v) is 11.8. The van der Waals surface area contributed by atoms with E-state index in [1.54, 1.807) is 19.3 Å². The number of aromatic nitrogens is 2. The first kappa shape index (κ1) is 24.9. The Morgan fingerprint density at radius 1 is 0.944 bits per heavy atom. The summed E-state index contributed by atoms with van der Waals surface area (Å²) < 4.78 is 6.23. The van der Waals surface area contributed by atoms with E-state index in [1.807, 2.05) is 37.3 Å². The van der Waals surface area contributed by atoms with Gasteiger partial charge in [-0.05, 0) is 92.3 Å². The third-order valence-electron chi connectivity index (χ3n) is 9.12. The molecule has 2 aliphatic rings. The van der Waals surface area contributed by atoms with Crippen molar-refractivity contribution in [3.8, 4) is 5.75 Å². The zero-order valence-electron chi connectivity index (χ0n) is 22.1. The molecular weight excluding hydrogens is 448 g/mol. The van der Waals surface area contributed by atoms with Crippen LogP contribution in [0.4, 0.5) is 0 Å². The number of hydrogen-bond acceptors (Lipinski definition) is 5. The van der Waals surface area contributed by atoms with E-state index in [1.165, 1.54) is 11.1 Å². The third-order valence-corrected chi connectivity index (χ3v) is 9.12.